The highest BCUT2D eigenvalue weighted by Gasteiger charge is 2.22. The van der Waals surface area contributed by atoms with E-state index < -0.39 is 0 Å². The summed E-state index contributed by atoms with van der Waals surface area (Å²) in [5.74, 6) is 0.105. The van der Waals surface area contributed by atoms with E-state index in [1.807, 2.05) is 4.68 Å². The molecule has 0 aliphatic heterocycles. The minimum absolute atomic E-state index is 0.179. The van der Waals surface area contributed by atoms with Gasteiger partial charge in [-0.15, -0.1) is 5.10 Å². The molecule has 1 aliphatic rings. The van der Waals surface area contributed by atoms with Gasteiger partial charge in [0.1, 0.15) is 5.82 Å². The van der Waals surface area contributed by atoms with E-state index in [-0.39, 0.29) is 17.5 Å². The predicted molar refractivity (Wildman–Crippen MR) is 100.0 cm³/mol. The van der Waals surface area contributed by atoms with Crippen LogP contribution < -0.4 is 5.32 Å². The van der Waals surface area contributed by atoms with Gasteiger partial charge >= 0.3 is 0 Å². The Morgan fingerprint density at radius 2 is 2.07 bits per heavy atom. The first-order chi connectivity index (χ1) is 13.2. The van der Waals surface area contributed by atoms with Crippen molar-refractivity contribution in [1.82, 2.24) is 29.6 Å². The summed E-state index contributed by atoms with van der Waals surface area (Å²) in [5.41, 5.74) is 0.693. The fraction of sp³-hybridized carbons (Fsp3) is 0.375. The largest absolute Gasteiger partial charge is 0.300 e. The Labute approximate surface area is 162 Å². The van der Waals surface area contributed by atoms with E-state index in [9.17, 15) is 9.18 Å². The lowest BCUT2D eigenvalue weighted by molar-refractivity contribution is -0.113. The Bertz CT molecular complexity index is 921. The predicted octanol–water partition coefficient (Wildman–Crippen LogP) is 3.18. The summed E-state index contributed by atoms with van der Waals surface area (Å²) in [6.45, 7) is 0. The van der Waals surface area contributed by atoms with Crippen LogP contribution in [0, 0.1) is 5.82 Å². The number of halogens is 1. The lowest BCUT2D eigenvalue weighted by Gasteiger charge is -2.10. The van der Waals surface area contributed by atoms with Crippen molar-refractivity contribution >= 4 is 34.3 Å². The number of tetrazole rings is 1. The number of rotatable bonds is 6. The summed E-state index contributed by atoms with van der Waals surface area (Å²) >= 11 is 2.38. The molecule has 1 aromatic carbocycles. The third-order valence-electron chi connectivity index (χ3n) is 4.24. The molecule has 1 aliphatic carbocycles. The number of aromatic nitrogens is 6. The van der Waals surface area contributed by atoms with Crippen LogP contribution in [-0.2, 0) is 4.79 Å². The second-order valence-electron chi connectivity index (χ2n) is 6.11. The van der Waals surface area contributed by atoms with Crippen LogP contribution in [0.5, 0.6) is 0 Å². The minimum Gasteiger partial charge on any atom is -0.300 e. The highest BCUT2D eigenvalue weighted by molar-refractivity contribution is 7.99. The highest BCUT2D eigenvalue weighted by Crippen LogP contribution is 2.31. The second-order valence-corrected chi connectivity index (χ2v) is 7.81. The molecular formula is C16H16FN7OS2. The van der Waals surface area contributed by atoms with Crippen LogP contribution in [0.25, 0.3) is 11.4 Å². The molecule has 0 unspecified atom stereocenters. The molecule has 27 heavy (non-hydrogen) atoms. The summed E-state index contributed by atoms with van der Waals surface area (Å²) in [6.07, 6.45) is 4.51. The summed E-state index contributed by atoms with van der Waals surface area (Å²) < 4.78 is 19.0. The van der Waals surface area contributed by atoms with Gasteiger partial charge in [0.05, 0.1) is 11.8 Å². The van der Waals surface area contributed by atoms with Gasteiger partial charge in [-0.1, -0.05) is 24.6 Å². The molecule has 8 nitrogen and oxygen atoms in total. The third-order valence-corrected chi connectivity index (χ3v) is 5.80. The van der Waals surface area contributed by atoms with E-state index in [0.29, 0.717) is 27.7 Å². The number of carbonyl (C=O) groups is 1. The average molecular weight is 405 g/mol. The van der Waals surface area contributed by atoms with Gasteiger partial charge in [0, 0.05) is 17.1 Å². The molecule has 1 amide bonds. The van der Waals surface area contributed by atoms with Gasteiger partial charge in [-0.2, -0.15) is 9.36 Å². The van der Waals surface area contributed by atoms with Crippen LogP contribution >= 0.6 is 23.3 Å². The molecule has 2 heterocycles. The molecule has 3 aromatic rings. The number of hydrogen-bond acceptors (Lipinski definition) is 8. The standard InChI is InChI=1S/C16H16FN7OS2/c17-11-7-5-10(6-8-11)14-19-15(27-21-14)18-13(25)9-26-16-20-22-23-24(16)12-3-1-2-4-12/h5-8,12H,1-4,9H2,(H,18,19,21,25). The molecule has 1 N–H and O–H groups in total. The Kier molecular flexibility index (Phi) is 5.39. The van der Waals surface area contributed by atoms with Gasteiger partial charge in [0.15, 0.2) is 5.82 Å². The number of amides is 1. The first-order valence-corrected chi connectivity index (χ1v) is 10.2. The van der Waals surface area contributed by atoms with Crippen molar-refractivity contribution in [3.8, 4) is 11.4 Å². The van der Waals surface area contributed by atoms with E-state index in [2.05, 4.69) is 30.2 Å². The molecule has 11 heteroatoms. The number of nitrogens with one attached hydrogen (secondary N) is 1. The Morgan fingerprint density at radius 3 is 2.85 bits per heavy atom. The Balaban J connectivity index is 1.34. The maximum absolute atomic E-state index is 13.0. The van der Waals surface area contributed by atoms with Crippen LogP contribution in [0.2, 0.25) is 0 Å². The van der Waals surface area contributed by atoms with Gasteiger partial charge in [-0.3, -0.25) is 10.1 Å². The zero-order valence-electron chi connectivity index (χ0n) is 14.2. The van der Waals surface area contributed by atoms with Gasteiger partial charge in [0.2, 0.25) is 16.2 Å². The van der Waals surface area contributed by atoms with Gasteiger partial charge < -0.3 is 0 Å². The van der Waals surface area contributed by atoms with Crippen LogP contribution in [0.4, 0.5) is 9.52 Å². The Morgan fingerprint density at radius 1 is 1.30 bits per heavy atom. The molecule has 0 atom stereocenters. The SMILES string of the molecule is O=C(CSc1nnnn1C1CCCC1)Nc1nc(-c2ccc(F)cc2)ns1. The van der Waals surface area contributed by atoms with Crippen molar-refractivity contribution in [3.05, 3.63) is 30.1 Å². The quantitative estimate of drug-likeness (QED) is 0.629. The number of carbonyl (C=O) groups excluding carboxylic acids is 1. The van der Waals surface area contributed by atoms with Gasteiger partial charge in [-0.25, -0.2) is 9.07 Å². The summed E-state index contributed by atoms with van der Waals surface area (Å²) in [5, 5.41) is 15.6. The first kappa shape index (κ1) is 18.0. The minimum atomic E-state index is -0.320. The zero-order chi connectivity index (χ0) is 18.6. The molecular weight excluding hydrogens is 389 g/mol. The lowest BCUT2D eigenvalue weighted by Crippen LogP contribution is -2.15. The number of benzene rings is 1. The molecule has 2 aromatic heterocycles. The molecule has 1 saturated carbocycles. The van der Waals surface area contributed by atoms with Crippen LogP contribution in [0.15, 0.2) is 29.4 Å². The molecule has 4 rings (SSSR count). The van der Waals surface area contributed by atoms with Crippen molar-refractivity contribution in [2.75, 3.05) is 11.1 Å². The molecule has 0 radical (unpaired) electrons. The monoisotopic (exact) mass is 405 g/mol. The number of thioether (sulfide) groups is 1. The summed E-state index contributed by atoms with van der Waals surface area (Å²) in [6, 6.07) is 6.22. The molecule has 1 fully saturated rings. The van der Waals surface area contributed by atoms with E-state index in [4.69, 9.17) is 0 Å². The van der Waals surface area contributed by atoms with Crippen molar-refractivity contribution < 1.29 is 9.18 Å². The summed E-state index contributed by atoms with van der Waals surface area (Å²) in [7, 11) is 0. The van der Waals surface area contributed by atoms with Crippen molar-refractivity contribution in [3.63, 3.8) is 0 Å². The van der Waals surface area contributed by atoms with E-state index >= 15 is 0 Å². The fourth-order valence-electron chi connectivity index (χ4n) is 2.93. The van der Waals surface area contributed by atoms with Crippen molar-refractivity contribution in [1.29, 1.82) is 0 Å². The van der Waals surface area contributed by atoms with Crippen LogP contribution in [0.1, 0.15) is 31.7 Å². The molecule has 0 bridgehead atoms. The number of hydrogen-bond donors (Lipinski definition) is 1. The topological polar surface area (TPSA) is 98.5 Å². The molecule has 0 spiro atoms. The van der Waals surface area contributed by atoms with Gasteiger partial charge in [-0.05, 0) is 47.5 Å². The van der Waals surface area contributed by atoms with Crippen molar-refractivity contribution in [2.24, 2.45) is 0 Å². The van der Waals surface area contributed by atoms with E-state index in [0.717, 1.165) is 24.4 Å². The highest BCUT2D eigenvalue weighted by atomic mass is 32.2. The molecule has 0 saturated heterocycles. The normalized spacial score (nSPS) is 14.6. The lowest BCUT2D eigenvalue weighted by atomic mass is 10.2. The zero-order valence-corrected chi connectivity index (χ0v) is 15.8. The number of anilines is 1. The van der Waals surface area contributed by atoms with Gasteiger partial charge in [0.25, 0.3) is 0 Å². The van der Waals surface area contributed by atoms with E-state index in [1.165, 1.54) is 36.7 Å². The van der Waals surface area contributed by atoms with E-state index in [1.54, 1.807) is 12.1 Å². The fourth-order valence-corrected chi connectivity index (χ4v) is 4.28. The smallest absolute Gasteiger partial charge is 0.236 e. The Hall–Kier alpha value is -2.40. The van der Waals surface area contributed by atoms with Crippen molar-refractivity contribution in [2.45, 2.75) is 36.9 Å². The third kappa shape index (κ3) is 4.30. The van der Waals surface area contributed by atoms with Crippen LogP contribution in [0.3, 0.4) is 0 Å². The molecule has 140 valence electrons. The maximum atomic E-state index is 13.0. The van der Waals surface area contributed by atoms with Crippen LogP contribution in [-0.4, -0.2) is 41.2 Å². The number of nitrogens with zero attached hydrogens (tertiary/aromatic N) is 6. The maximum Gasteiger partial charge on any atom is 0.236 e. The summed E-state index contributed by atoms with van der Waals surface area (Å²) in [4.78, 5) is 16.5. The first-order valence-electron chi connectivity index (χ1n) is 8.49. The average Bonchev–Trinajstić information content (AvgIpc) is 3.41. The second kappa shape index (κ2) is 8.09.